The van der Waals surface area contributed by atoms with Crippen molar-refractivity contribution in [3.63, 3.8) is 0 Å². The predicted molar refractivity (Wildman–Crippen MR) is 67.5 cm³/mol. The third kappa shape index (κ3) is 0.819. The van der Waals surface area contributed by atoms with Crippen molar-refractivity contribution in [2.75, 3.05) is 0 Å². The van der Waals surface area contributed by atoms with Crippen molar-refractivity contribution >= 4 is 11.8 Å². The predicted octanol–water partition coefficient (Wildman–Crippen LogP) is 2.58. The molecule has 3 aliphatic heterocycles. The van der Waals surface area contributed by atoms with Crippen LogP contribution in [-0.2, 0) is 0 Å². The fraction of sp³-hybridized carbons (Fsp3) is 0.857. The molecule has 1 N–H and O–H groups in total. The van der Waals surface area contributed by atoms with Crippen LogP contribution in [0.3, 0.4) is 0 Å². The first kappa shape index (κ1) is 9.04. The summed E-state index contributed by atoms with van der Waals surface area (Å²) < 4.78 is 0. The summed E-state index contributed by atoms with van der Waals surface area (Å²) in [5.74, 6) is 3.05. The van der Waals surface area contributed by atoms with Crippen LogP contribution in [-0.4, -0.2) is 22.1 Å². The first-order valence-corrected chi connectivity index (χ1v) is 7.94. The molecule has 2 bridgehead atoms. The van der Waals surface area contributed by atoms with Gasteiger partial charge in [0, 0.05) is 22.1 Å². The SMILES string of the molecule is C1=CC23NC(CC4SC5CCC5C42)C3CC1. The van der Waals surface area contributed by atoms with Gasteiger partial charge in [0.05, 0.1) is 0 Å². The second kappa shape index (κ2) is 2.72. The van der Waals surface area contributed by atoms with Crippen LogP contribution >= 0.6 is 11.8 Å². The molecule has 86 valence electrons. The number of hydrogen-bond donors (Lipinski definition) is 1. The monoisotopic (exact) mass is 233 g/mol. The van der Waals surface area contributed by atoms with Gasteiger partial charge in [-0.25, -0.2) is 0 Å². The van der Waals surface area contributed by atoms with Gasteiger partial charge < -0.3 is 5.32 Å². The molecule has 0 aromatic heterocycles. The Morgan fingerprint density at radius 3 is 3.06 bits per heavy atom. The Hall–Kier alpha value is 0.0500. The van der Waals surface area contributed by atoms with Gasteiger partial charge in [-0.3, -0.25) is 0 Å². The molecule has 2 heteroatoms. The Bertz CT molecular complexity index is 379. The maximum atomic E-state index is 3.95. The minimum absolute atomic E-state index is 0.471. The van der Waals surface area contributed by atoms with E-state index in [2.05, 4.69) is 29.2 Å². The molecule has 0 radical (unpaired) electrons. The second-order valence-corrected chi connectivity index (χ2v) is 7.97. The Kier molecular flexibility index (Phi) is 1.54. The summed E-state index contributed by atoms with van der Waals surface area (Å²) in [5.41, 5.74) is 0.471. The van der Waals surface area contributed by atoms with E-state index >= 15 is 0 Å². The van der Waals surface area contributed by atoms with Gasteiger partial charge in [0.1, 0.15) is 0 Å². The van der Waals surface area contributed by atoms with Crippen LogP contribution in [0.5, 0.6) is 0 Å². The number of allylic oxidation sites excluding steroid dienone is 1. The van der Waals surface area contributed by atoms with Crippen LogP contribution < -0.4 is 5.32 Å². The highest BCUT2D eigenvalue weighted by molar-refractivity contribution is 8.00. The van der Waals surface area contributed by atoms with E-state index in [-0.39, 0.29) is 0 Å². The van der Waals surface area contributed by atoms with Gasteiger partial charge in [-0.05, 0) is 49.9 Å². The standard InChI is InChI=1S/C14H19NS/c1-2-6-14-9(3-1)10(15-14)7-12-13(14)8-4-5-11(8)16-12/h2,6,8-13,15H,1,3-5,7H2. The zero-order valence-corrected chi connectivity index (χ0v) is 10.4. The third-order valence-corrected chi connectivity index (χ3v) is 7.85. The topological polar surface area (TPSA) is 12.0 Å². The van der Waals surface area contributed by atoms with Crippen molar-refractivity contribution in [2.45, 2.75) is 54.2 Å². The van der Waals surface area contributed by atoms with Crippen LogP contribution in [0.4, 0.5) is 0 Å². The van der Waals surface area contributed by atoms with Gasteiger partial charge in [-0.15, -0.1) is 0 Å². The third-order valence-electron chi connectivity index (χ3n) is 6.08. The minimum atomic E-state index is 0.471. The maximum absolute atomic E-state index is 3.95. The molecule has 16 heavy (non-hydrogen) atoms. The van der Waals surface area contributed by atoms with Gasteiger partial charge in [-0.1, -0.05) is 12.2 Å². The van der Waals surface area contributed by atoms with E-state index in [1.807, 2.05) is 0 Å². The fourth-order valence-electron chi connectivity index (χ4n) is 5.38. The lowest BCUT2D eigenvalue weighted by atomic mass is 9.49. The van der Waals surface area contributed by atoms with Crippen molar-refractivity contribution in [1.82, 2.24) is 5.32 Å². The number of nitrogens with one attached hydrogen (secondary N) is 1. The van der Waals surface area contributed by atoms with Crippen molar-refractivity contribution in [1.29, 1.82) is 0 Å². The van der Waals surface area contributed by atoms with E-state index in [1.165, 1.54) is 32.1 Å². The van der Waals surface area contributed by atoms with E-state index in [9.17, 15) is 0 Å². The van der Waals surface area contributed by atoms with E-state index in [1.54, 1.807) is 0 Å². The first-order valence-electron chi connectivity index (χ1n) is 6.99. The van der Waals surface area contributed by atoms with Crippen molar-refractivity contribution in [3.05, 3.63) is 12.2 Å². The summed E-state index contributed by atoms with van der Waals surface area (Å²) in [7, 11) is 0. The fourth-order valence-corrected chi connectivity index (χ4v) is 7.53. The average molecular weight is 233 g/mol. The zero-order chi connectivity index (χ0) is 10.3. The van der Waals surface area contributed by atoms with Crippen molar-refractivity contribution < 1.29 is 0 Å². The van der Waals surface area contributed by atoms with Crippen LogP contribution in [0.2, 0.25) is 0 Å². The van der Waals surface area contributed by atoms with Gasteiger partial charge in [-0.2, -0.15) is 11.8 Å². The summed E-state index contributed by atoms with van der Waals surface area (Å²) in [6.07, 6.45) is 12.3. The quantitative estimate of drug-likeness (QED) is 0.645. The van der Waals surface area contributed by atoms with Crippen LogP contribution in [0, 0.1) is 17.8 Å². The molecular weight excluding hydrogens is 214 g/mol. The number of thioether (sulfide) groups is 1. The lowest BCUT2D eigenvalue weighted by molar-refractivity contribution is -0.0607. The zero-order valence-electron chi connectivity index (χ0n) is 9.56. The van der Waals surface area contributed by atoms with Crippen molar-refractivity contribution in [2.24, 2.45) is 17.8 Å². The smallest absolute Gasteiger partial charge is 0.0452 e. The molecule has 0 amide bonds. The summed E-state index contributed by atoms with van der Waals surface area (Å²) in [5, 5.41) is 6.00. The van der Waals surface area contributed by atoms with Crippen LogP contribution in [0.1, 0.15) is 32.1 Å². The largest absolute Gasteiger partial charge is 0.304 e. The Morgan fingerprint density at radius 2 is 2.19 bits per heavy atom. The Labute approximate surface area is 101 Å². The highest BCUT2D eigenvalue weighted by Gasteiger charge is 2.68. The molecule has 4 fully saturated rings. The molecule has 7 unspecified atom stereocenters. The number of rotatable bonds is 0. The Morgan fingerprint density at radius 1 is 1.19 bits per heavy atom. The van der Waals surface area contributed by atoms with Crippen molar-refractivity contribution in [3.8, 4) is 0 Å². The maximum Gasteiger partial charge on any atom is 0.0452 e. The summed E-state index contributed by atoms with van der Waals surface area (Å²) in [6, 6.07) is 0.871. The minimum Gasteiger partial charge on any atom is -0.304 e. The normalized spacial score (nSPS) is 65.0. The summed E-state index contributed by atoms with van der Waals surface area (Å²) >= 11 is 2.36. The molecule has 0 aromatic rings. The Balaban J connectivity index is 1.61. The van der Waals surface area contributed by atoms with Gasteiger partial charge in [0.25, 0.3) is 0 Å². The lowest BCUT2D eigenvalue weighted by Gasteiger charge is -2.66. The van der Waals surface area contributed by atoms with E-state index in [0.717, 1.165) is 34.3 Å². The van der Waals surface area contributed by atoms with Gasteiger partial charge >= 0.3 is 0 Å². The molecule has 3 saturated heterocycles. The van der Waals surface area contributed by atoms with E-state index < -0.39 is 0 Å². The summed E-state index contributed by atoms with van der Waals surface area (Å²) in [4.78, 5) is 0. The molecule has 5 rings (SSSR count). The molecule has 7 atom stereocenters. The average Bonchev–Trinajstić information content (AvgIpc) is 2.50. The highest BCUT2D eigenvalue weighted by atomic mass is 32.2. The number of fused-ring (bicyclic) bond motifs is 5. The molecule has 3 heterocycles. The molecule has 2 aliphatic carbocycles. The molecule has 1 saturated carbocycles. The van der Waals surface area contributed by atoms with Crippen LogP contribution in [0.15, 0.2) is 12.2 Å². The molecule has 0 aromatic carbocycles. The summed E-state index contributed by atoms with van der Waals surface area (Å²) in [6.45, 7) is 0. The second-order valence-electron chi connectivity index (χ2n) is 6.49. The first-order chi connectivity index (χ1) is 7.88. The molecule has 1 spiro atoms. The van der Waals surface area contributed by atoms with E-state index in [4.69, 9.17) is 0 Å². The number of hydrogen-bond acceptors (Lipinski definition) is 2. The number of piperidine rings is 1. The highest BCUT2D eigenvalue weighted by Crippen LogP contribution is 2.66. The van der Waals surface area contributed by atoms with Crippen LogP contribution in [0.25, 0.3) is 0 Å². The molecule has 1 nitrogen and oxygen atoms in total. The van der Waals surface area contributed by atoms with Gasteiger partial charge in [0.2, 0.25) is 0 Å². The lowest BCUT2D eigenvalue weighted by Crippen LogP contribution is -2.79. The molecular formula is C14H19NS. The van der Waals surface area contributed by atoms with E-state index in [0.29, 0.717) is 5.54 Å². The van der Waals surface area contributed by atoms with Gasteiger partial charge in [0.15, 0.2) is 0 Å². The molecule has 5 aliphatic rings.